The van der Waals surface area contributed by atoms with Crippen LogP contribution in [0.1, 0.15) is 40.8 Å². The lowest BCUT2D eigenvalue weighted by Crippen LogP contribution is -2.12. The summed E-state index contributed by atoms with van der Waals surface area (Å²) in [5.41, 5.74) is -0.336. The Hall–Kier alpha value is -2.33. The third-order valence-corrected chi connectivity index (χ3v) is 5.36. The molecular formula is C16H13F3N4OS2. The Morgan fingerprint density at radius 2 is 2.00 bits per heavy atom. The first-order chi connectivity index (χ1) is 12.2. The Bertz CT molecular complexity index is 933. The molecule has 1 aromatic carbocycles. The maximum atomic E-state index is 12.8. The molecule has 3 aromatic rings. The molecule has 0 saturated carbocycles. The van der Waals surface area contributed by atoms with Crippen LogP contribution in [0.25, 0.3) is 10.6 Å². The number of benzene rings is 1. The summed E-state index contributed by atoms with van der Waals surface area (Å²) in [4.78, 5) is 16.4. The van der Waals surface area contributed by atoms with Gasteiger partial charge in [-0.05, 0) is 12.1 Å². The number of rotatable bonds is 4. The van der Waals surface area contributed by atoms with Gasteiger partial charge in [-0.25, -0.2) is 4.98 Å². The number of nitrogens with zero attached hydrogens (tertiary/aromatic N) is 3. The van der Waals surface area contributed by atoms with Crippen molar-refractivity contribution < 1.29 is 18.0 Å². The normalized spacial score (nSPS) is 11.8. The van der Waals surface area contributed by atoms with Gasteiger partial charge in [0.1, 0.15) is 15.7 Å². The topological polar surface area (TPSA) is 67.8 Å². The number of halogens is 3. The average molecular weight is 398 g/mol. The molecule has 2 heterocycles. The van der Waals surface area contributed by atoms with Crippen LogP contribution in [0, 0.1) is 0 Å². The number of carbonyl (C=O) groups excluding carboxylic acids is 1. The summed E-state index contributed by atoms with van der Waals surface area (Å²) in [6.07, 6.45) is -4.43. The molecule has 1 amide bonds. The van der Waals surface area contributed by atoms with Crippen molar-refractivity contribution in [1.29, 1.82) is 0 Å². The zero-order valence-electron chi connectivity index (χ0n) is 13.7. The van der Waals surface area contributed by atoms with E-state index in [4.69, 9.17) is 0 Å². The minimum Gasteiger partial charge on any atom is -0.295 e. The van der Waals surface area contributed by atoms with Crippen molar-refractivity contribution in [3.8, 4) is 10.6 Å². The fraction of sp³-hybridized carbons (Fsp3) is 0.250. The molecule has 0 bridgehead atoms. The molecule has 0 saturated heterocycles. The second-order valence-corrected chi connectivity index (χ2v) is 7.54. The van der Waals surface area contributed by atoms with Crippen LogP contribution in [0.3, 0.4) is 0 Å². The molecule has 0 aliphatic rings. The van der Waals surface area contributed by atoms with E-state index in [0.717, 1.165) is 28.5 Å². The lowest BCUT2D eigenvalue weighted by Gasteiger charge is -2.07. The number of hydrogen-bond donors (Lipinski definition) is 1. The summed E-state index contributed by atoms with van der Waals surface area (Å²) in [6, 6.07) is 4.84. The van der Waals surface area contributed by atoms with Gasteiger partial charge < -0.3 is 0 Å². The molecule has 10 heteroatoms. The van der Waals surface area contributed by atoms with Crippen molar-refractivity contribution in [1.82, 2.24) is 15.2 Å². The number of anilines is 1. The van der Waals surface area contributed by atoms with E-state index >= 15 is 0 Å². The Balaban J connectivity index is 1.78. The van der Waals surface area contributed by atoms with Crippen molar-refractivity contribution in [2.24, 2.45) is 0 Å². The maximum Gasteiger partial charge on any atom is 0.416 e. The van der Waals surface area contributed by atoms with Crippen molar-refractivity contribution in [3.63, 3.8) is 0 Å². The average Bonchev–Trinajstić information content (AvgIpc) is 3.23. The lowest BCUT2D eigenvalue weighted by atomic mass is 10.1. The van der Waals surface area contributed by atoms with Crippen LogP contribution in [0.2, 0.25) is 0 Å². The summed E-state index contributed by atoms with van der Waals surface area (Å²) in [5.74, 6) is -0.282. The third kappa shape index (κ3) is 4.07. The molecule has 0 aliphatic heterocycles. The Labute approximate surface area is 154 Å². The highest BCUT2D eigenvalue weighted by Gasteiger charge is 2.30. The molecule has 26 heavy (non-hydrogen) atoms. The zero-order valence-corrected chi connectivity index (χ0v) is 15.3. The van der Waals surface area contributed by atoms with E-state index in [0.29, 0.717) is 15.7 Å². The van der Waals surface area contributed by atoms with E-state index in [2.05, 4.69) is 20.5 Å². The lowest BCUT2D eigenvalue weighted by molar-refractivity contribution is -0.137. The van der Waals surface area contributed by atoms with E-state index in [9.17, 15) is 18.0 Å². The van der Waals surface area contributed by atoms with Gasteiger partial charge in [-0.15, -0.1) is 21.5 Å². The minimum atomic E-state index is -4.43. The molecule has 1 N–H and O–H groups in total. The quantitative estimate of drug-likeness (QED) is 0.667. The van der Waals surface area contributed by atoms with Gasteiger partial charge in [0.05, 0.1) is 5.56 Å². The Morgan fingerprint density at radius 1 is 1.23 bits per heavy atom. The molecular weight excluding hydrogens is 385 g/mol. The van der Waals surface area contributed by atoms with Crippen molar-refractivity contribution in [2.45, 2.75) is 25.9 Å². The van der Waals surface area contributed by atoms with Crippen molar-refractivity contribution >= 4 is 33.7 Å². The molecule has 5 nitrogen and oxygen atoms in total. The molecule has 0 fully saturated rings. The highest BCUT2D eigenvalue weighted by Crippen LogP contribution is 2.33. The molecule has 0 atom stereocenters. The van der Waals surface area contributed by atoms with Crippen LogP contribution in [0.5, 0.6) is 0 Å². The molecule has 0 unspecified atom stereocenters. The Morgan fingerprint density at radius 3 is 2.65 bits per heavy atom. The van der Waals surface area contributed by atoms with Gasteiger partial charge in [0.2, 0.25) is 5.13 Å². The number of carbonyl (C=O) groups is 1. The highest BCUT2D eigenvalue weighted by molar-refractivity contribution is 7.15. The summed E-state index contributed by atoms with van der Waals surface area (Å²) in [5, 5.41) is 13.5. The van der Waals surface area contributed by atoms with Gasteiger partial charge in [0.25, 0.3) is 5.91 Å². The predicted molar refractivity (Wildman–Crippen MR) is 94.5 cm³/mol. The van der Waals surface area contributed by atoms with Crippen LogP contribution < -0.4 is 5.32 Å². The highest BCUT2D eigenvalue weighted by atomic mass is 32.1. The number of hydrogen-bond acceptors (Lipinski definition) is 6. The van der Waals surface area contributed by atoms with Crippen LogP contribution in [0.15, 0.2) is 29.6 Å². The second-order valence-electron chi connectivity index (χ2n) is 5.67. The number of aromatic nitrogens is 3. The van der Waals surface area contributed by atoms with Gasteiger partial charge in [0, 0.05) is 16.9 Å². The van der Waals surface area contributed by atoms with Crippen LogP contribution in [0.4, 0.5) is 18.3 Å². The summed E-state index contributed by atoms with van der Waals surface area (Å²) >= 11 is 2.37. The van der Waals surface area contributed by atoms with Crippen LogP contribution in [-0.4, -0.2) is 21.1 Å². The van der Waals surface area contributed by atoms with E-state index in [1.165, 1.54) is 28.8 Å². The Kier molecular flexibility index (Phi) is 5.05. The van der Waals surface area contributed by atoms with Gasteiger partial charge in [-0.1, -0.05) is 37.3 Å². The molecule has 3 rings (SSSR count). The van der Waals surface area contributed by atoms with Crippen molar-refractivity contribution in [2.75, 3.05) is 5.32 Å². The summed E-state index contributed by atoms with van der Waals surface area (Å²) < 4.78 is 38.5. The standard InChI is InChI=1S/C16H13F3N4OS2/c1-8(2)13-22-23-15(26-13)21-12(24)11-7-25-14(20-11)9-4-3-5-10(6-9)16(17,18)19/h3-8H,1-2H3,(H,21,23,24). The first-order valence-corrected chi connectivity index (χ1v) is 9.21. The summed E-state index contributed by atoms with van der Waals surface area (Å²) in [6.45, 7) is 3.93. The fourth-order valence-electron chi connectivity index (χ4n) is 2.02. The number of thiazole rings is 1. The number of alkyl halides is 3. The van der Waals surface area contributed by atoms with Gasteiger partial charge in [-0.2, -0.15) is 13.2 Å². The van der Waals surface area contributed by atoms with Gasteiger partial charge in [0.15, 0.2) is 0 Å². The summed E-state index contributed by atoms with van der Waals surface area (Å²) in [7, 11) is 0. The first kappa shape index (κ1) is 18.5. The predicted octanol–water partition coefficient (Wildman–Crippen LogP) is 5.06. The molecule has 0 spiro atoms. The van der Waals surface area contributed by atoms with E-state index in [-0.39, 0.29) is 11.6 Å². The SMILES string of the molecule is CC(C)c1nnc(NC(=O)c2csc(-c3cccc(C(F)(F)F)c3)n2)s1. The number of amides is 1. The van der Waals surface area contributed by atoms with E-state index in [1.54, 1.807) is 0 Å². The van der Waals surface area contributed by atoms with Crippen LogP contribution in [-0.2, 0) is 6.18 Å². The smallest absolute Gasteiger partial charge is 0.295 e. The monoisotopic (exact) mass is 398 g/mol. The maximum absolute atomic E-state index is 12.8. The van der Waals surface area contributed by atoms with Crippen LogP contribution >= 0.6 is 22.7 Å². The van der Waals surface area contributed by atoms with E-state index < -0.39 is 17.6 Å². The minimum absolute atomic E-state index is 0.115. The molecule has 136 valence electrons. The molecule has 0 aliphatic carbocycles. The van der Waals surface area contributed by atoms with E-state index in [1.807, 2.05) is 13.8 Å². The van der Waals surface area contributed by atoms with Gasteiger partial charge in [-0.3, -0.25) is 10.1 Å². The third-order valence-electron chi connectivity index (χ3n) is 3.33. The number of nitrogens with one attached hydrogen (secondary N) is 1. The first-order valence-electron chi connectivity index (χ1n) is 7.52. The zero-order chi connectivity index (χ0) is 18.9. The molecule has 0 radical (unpaired) electrons. The van der Waals surface area contributed by atoms with Gasteiger partial charge >= 0.3 is 6.18 Å². The fourth-order valence-corrected chi connectivity index (χ4v) is 3.56. The van der Waals surface area contributed by atoms with Crippen molar-refractivity contribution in [3.05, 3.63) is 45.9 Å². The largest absolute Gasteiger partial charge is 0.416 e. The second kappa shape index (κ2) is 7.12. The molecule has 2 aromatic heterocycles.